The molecule has 0 radical (unpaired) electrons. The van der Waals surface area contributed by atoms with E-state index in [-0.39, 0.29) is 18.3 Å². The minimum atomic E-state index is -2.15. The summed E-state index contributed by atoms with van der Waals surface area (Å²) in [7, 11) is 0. The fraction of sp³-hybridized carbons (Fsp3) is 0.909. The number of hydrogen-bond donors (Lipinski definition) is 17. The molecule has 17 N–H and O–H groups in total. The van der Waals surface area contributed by atoms with Crippen molar-refractivity contribution in [3.63, 3.8) is 0 Å². The molecular weight excluding hydrogens is 762 g/mol. The van der Waals surface area contributed by atoms with Crippen molar-refractivity contribution in [1.82, 2.24) is 5.32 Å². The molecule has 23 unspecified atom stereocenters. The lowest BCUT2D eigenvalue weighted by molar-refractivity contribution is -0.371. The van der Waals surface area contributed by atoms with Crippen molar-refractivity contribution in [1.29, 1.82) is 0 Å². The van der Waals surface area contributed by atoms with E-state index in [2.05, 4.69) is 5.32 Å². The first-order valence-corrected chi connectivity index (χ1v) is 18.2. The topological polar surface area (TPSA) is 399 Å². The molecule has 56 heavy (non-hydrogen) atoms. The minimum absolute atomic E-state index is 0.0936. The van der Waals surface area contributed by atoms with Gasteiger partial charge in [0.15, 0.2) is 18.9 Å². The van der Waals surface area contributed by atoms with Crippen LogP contribution in [0.15, 0.2) is 11.6 Å². The summed E-state index contributed by atoms with van der Waals surface area (Å²) in [6.07, 6.45) is -32.7. The molecule has 2 saturated heterocycles. The van der Waals surface area contributed by atoms with Crippen molar-refractivity contribution in [3.05, 3.63) is 11.6 Å². The Balaban J connectivity index is 1.44. The molecule has 0 aromatic rings. The number of carbonyl (C=O) groups is 1. The van der Waals surface area contributed by atoms with Crippen LogP contribution in [0.1, 0.15) is 13.3 Å². The van der Waals surface area contributed by atoms with Gasteiger partial charge in [0.05, 0.1) is 56.9 Å². The molecule has 326 valence electrons. The SMILES string of the molecule is CC1C(O)C(CO)=CC(NC2C(CO)CC(OC3C(CO)OC(OC4C(CO)OC(OC(C(O)CO)C(O)C(O)C=O)C(O)C4O)C(O)C3O)C(O)C2O)C1O. The van der Waals surface area contributed by atoms with Gasteiger partial charge in [0.2, 0.25) is 0 Å². The maximum absolute atomic E-state index is 11.2. The molecular formula is C33H57NO22. The summed E-state index contributed by atoms with van der Waals surface area (Å²) in [6, 6.07) is -1.96. The van der Waals surface area contributed by atoms with Crippen molar-refractivity contribution in [2.75, 3.05) is 33.0 Å². The van der Waals surface area contributed by atoms with Crippen LogP contribution in [0.25, 0.3) is 0 Å². The van der Waals surface area contributed by atoms with Gasteiger partial charge >= 0.3 is 0 Å². The number of rotatable bonds is 17. The number of hydrogen-bond acceptors (Lipinski definition) is 23. The van der Waals surface area contributed by atoms with Crippen molar-refractivity contribution in [2.24, 2.45) is 11.8 Å². The third-order valence-corrected chi connectivity index (χ3v) is 11.1. The van der Waals surface area contributed by atoms with Gasteiger partial charge in [0.25, 0.3) is 0 Å². The molecule has 0 aromatic carbocycles. The van der Waals surface area contributed by atoms with E-state index in [1.807, 2.05) is 0 Å². The zero-order valence-electron chi connectivity index (χ0n) is 30.3. The summed E-state index contributed by atoms with van der Waals surface area (Å²) in [5.74, 6) is -1.57. The maximum Gasteiger partial charge on any atom is 0.187 e. The highest BCUT2D eigenvalue weighted by Gasteiger charge is 2.54. The third kappa shape index (κ3) is 9.93. The van der Waals surface area contributed by atoms with Crippen LogP contribution in [0.2, 0.25) is 0 Å². The highest BCUT2D eigenvalue weighted by atomic mass is 16.7. The quantitative estimate of drug-likeness (QED) is 0.0478. The largest absolute Gasteiger partial charge is 0.396 e. The van der Waals surface area contributed by atoms with Crippen LogP contribution in [0, 0.1) is 11.8 Å². The molecule has 0 amide bonds. The standard InChI is InChI=1S/C33H57NO22/c1-10-20(43)12(5-36)2-13(21(10)44)34-19-11(4-35)3-16(23(46)24(19)47)52-30-17(8-39)53-33(27(50)25(30)48)56-31-18(9-40)54-32(28(51)26(31)49)55-29(15(42)7-38)22(45)14(41)6-37/h2,6,10-11,13-36,38-51H,3-5,7-9H2,1H3. The second kappa shape index (κ2) is 20.7. The average molecular weight is 820 g/mol. The summed E-state index contributed by atoms with van der Waals surface area (Å²) in [5, 5.41) is 170. The molecule has 4 aliphatic rings. The van der Waals surface area contributed by atoms with Gasteiger partial charge < -0.3 is 116 Å². The van der Waals surface area contributed by atoms with Crippen LogP contribution in [0.4, 0.5) is 0 Å². The molecule has 0 spiro atoms. The molecule has 23 nitrogen and oxygen atoms in total. The molecule has 23 atom stereocenters. The fourth-order valence-corrected chi connectivity index (χ4v) is 7.60. The molecule has 23 heteroatoms. The van der Waals surface area contributed by atoms with Crippen LogP contribution in [0.5, 0.6) is 0 Å². The van der Waals surface area contributed by atoms with E-state index in [0.29, 0.717) is 0 Å². The molecule has 2 aliphatic carbocycles. The molecule has 4 rings (SSSR count). The fourth-order valence-electron chi connectivity index (χ4n) is 7.60. The van der Waals surface area contributed by atoms with Gasteiger partial charge in [0.1, 0.15) is 79.4 Å². The van der Waals surface area contributed by atoms with Gasteiger partial charge in [-0.3, -0.25) is 0 Å². The summed E-state index contributed by atoms with van der Waals surface area (Å²) >= 11 is 0. The van der Waals surface area contributed by atoms with E-state index >= 15 is 0 Å². The van der Waals surface area contributed by atoms with Gasteiger partial charge in [-0.1, -0.05) is 13.0 Å². The van der Waals surface area contributed by atoms with Gasteiger partial charge in [-0.05, 0) is 12.0 Å². The highest BCUT2D eigenvalue weighted by Crippen LogP contribution is 2.36. The average Bonchev–Trinajstić information content (AvgIpc) is 3.20. The highest BCUT2D eigenvalue weighted by molar-refractivity contribution is 5.56. The predicted molar refractivity (Wildman–Crippen MR) is 179 cm³/mol. The Morgan fingerprint density at radius 2 is 1.34 bits per heavy atom. The Labute approximate surface area is 320 Å². The zero-order chi connectivity index (χ0) is 41.8. The lowest BCUT2D eigenvalue weighted by Crippen LogP contribution is -2.67. The normalized spacial score (nSPS) is 45.7. The van der Waals surface area contributed by atoms with Crippen LogP contribution in [-0.4, -0.2) is 249 Å². The molecule has 0 bridgehead atoms. The van der Waals surface area contributed by atoms with E-state index in [1.54, 1.807) is 6.92 Å². The Morgan fingerprint density at radius 3 is 1.88 bits per heavy atom. The van der Waals surface area contributed by atoms with Crippen LogP contribution < -0.4 is 5.32 Å². The van der Waals surface area contributed by atoms with E-state index in [9.17, 15) is 86.5 Å². The van der Waals surface area contributed by atoms with Crippen molar-refractivity contribution >= 4 is 6.29 Å². The molecule has 1 saturated carbocycles. The molecule has 3 fully saturated rings. The smallest absolute Gasteiger partial charge is 0.187 e. The second-order valence-electron chi connectivity index (χ2n) is 14.7. The Kier molecular flexibility index (Phi) is 17.4. The monoisotopic (exact) mass is 819 g/mol. The lowest BCUT2D eigenvalue weighted by atomic mass is 9.77. The Morgan fingerprint density at radius 1 is 0.768 bits per heavy atom. The van der Waals surface area contributed by atoms with Crippen LogP contribution >= 0.6 is 0 Å². The summed E-state index contributed by atoms with van der Waals surface area (Å²) in [4.78, 5) is 11.0. The van der Waals surface area contributed by atoms with Gasteiger partial charge in [-0.25, -0.2) is 0 Å². The zero-order valence-corrected chi connectivity index (χ0v) is 30.3. The summed E-state index contributed by atoms with van der Waals surface area (Å²) in [5.41, 5.74) is 0.222. The van der Waals surface area contributed by atoms with Crippen LogP contribution in [0.3, 0.4) is 0 Å². The van der Waals surface area contributed by atoms with Crippen LogP contribution in [-0.2, 0) is 28.5 Å². The molecule has 0 aromatic heterocycles. The van der Waals surface area contributed by atoms with Crippen molar-refractivity contribution in [3.8, 4) is 0 Å². The number of aldehydes is 1. The minimum Gasteiger partial charge on any atom is -0.396 e. The van der Waals surface area contributed by atoms with Crippen molar-refractivity contribution in [2.45, 2.75) is 142 Å². The van der Waals surface area contributed by atoms with Gasteiger partial charge in [-0.2, -0.15) is 0 Å². The number of aliphatic hydroxyl groups excluding tert-OH is 16. The maximum atomic E-state index is 11.2. The molecule has 2 aliphatic heterocycles. The lowest BCUT2D eigenvalue weighted by Gasteiger charge is -2.49. The first kappa shape index (κ1) is 47.2. The van der Waals surface area contributed by atoms with E-state index < -0.39 is 173 Å². The second-order valence-corrected chi connectivity index (χ2v) is 14.7. The van der Waals surface area contributed by atoms with E-state index in [1.165, 1.54) is 6.08 Å². The summed E-state index contributed by atoms with van der Waals surface area (Å²) in [6.45, 7) is -2.43. The number of aliphatic hydroxyl groups is 16. The van der Waals surface area contributed by atoms with Gasteiger partial charge in [-0.15, -0.1) is 0 Å². The number of ether oxygens (including phenoxy) is 5. The first-order valence-electron chi connectivity index (χ1n) is 18.2. The number of carbonyl (C=O) groups excluding carboxylic acids is 1. The van der Waals surface area contributed by atoms with E-state index in [4.69, 9.17) is 23.7 Å². The predicted octanol–water partition coefficient (Wildman–Crippen LogP) is -9.99. The van der Waals surface area contributed by atoms with Crippen molar-refractivity contribution < 1.29 is 110 Å². The van der Waals surface area contributed by atoms with E-state index in [0.717, 1.165) is 0 Å². The Hall–Kier alpha value is -1.47. The Bertz CT molecular complexity index is 1250. The number of nitrogens with one attached hydrogen (secondary N) is 1. The third-order valence-electron chi connectivity index (χ3n) is 11.1. The first-order chi connectivity index (χ1) is 26.5. The molecule has 2 heterocycles. The van der Waals surface area contributed by atoms with Gasteiger partial charge in [0, 0.05) is 24.5 Å². The summed E-state index contributed by atoms with van der Waals surface area (Å²) < 4.78 is 27.9.